The number of rotatable bonds is 4. The summed E-state index contributed by atoms with van der Waals surface area (Å²) in [5.41, 5.74) is 2.31. The maximum absolute atomic E-state index is 11.0. The molecule has 6 nitrogen and oxygen atoms in total. The third-order valence-electron chi connectivity index (χ3n) is 5.25. The molecule has 1 saturated heterocycles. The van der Waals surface area contributed by atoms with Crippen molar-refractivity contribution in [1.82, 2.24) is 19.8 Å². The summed E-state index contributed by atoms with van der Waals surface area (Å²) in [6.45, 7) is 3.76. The van der Waals surface area contributed by atoms with Gasteiger partial charge in [0.1, 0.15) is 17.0 Å². The second-order valence-corrected chi connectivity index (χ2v) is 6.94. The number of likely N-dealkylation sites (N-methyl/N-ethyl adjacent to an activating group) is 1. The highest BCUT2D eigenvalue weighted by atomic mass is 16.5. The monoisotopic (exact) mass is 364 g/mol. The van der Waals surface area contributed by atoms with Crippen molar-refractivity contribution in [2.24, 2.45) is 0 Å². The molecule has 0 aliphatic carbocycles. The summed E-state index contributed by atoms with van der Waals surface area (Å²) in [6, 6.07) is 11.5. The zero-order valence-electron chi connectivity index (χ0n) is 15.7. The highest BCUT2D eigenvalue weighted by molar-refractivity contribution is 5.85. The fourth-order valence-electron chi connectivity index (χ4n) is 3.69. The van der Waals surface area contributed by atoms with E-state index in [2.05, 4.69) is 26.8 Å². The lowest BCUT2D eigenvalue weighted by Crippen LogP contribution is -2.46. The maximum Gasteiger partial charge on any atom is 0.146 e. The minimum atomic E-state index is -0.153. The Morgan fingerprint density at radius 1 is 1.04 bits per heavy atom. The molecule has 1 aliphatic rings. The number of pyridine rings is 2. The Bertz CT molecular complexity index is 938. The minimum Gasteiger partial charge on any atom is -0.505 e. The molecule has 6 heteroatoms. The van der Waals surface area contributed by atoms with Gasteiger partial charge in [0.15, 0.2) is 0 Å². The van der Waals surface area contributed by atoms with Gasteiger partial charge in [-0.15, -0.1) is 0 Å². The number of phenols is 1. The largest absolute Gasteiger partial charge is 0.505 e. The number of nitrogens with zero attached hydrogens (tertiary/aromatic N) is 4. The first-order valence-corrected chi connectivity index (χ1v) is 9.16. The normalized spacial score (nSPS) is 17.1. The van der Waals surface area contributed by atoms with Gasteiger partial charge in [-0.2, -0.15) is 0 Å². The van der Waals surface area contributed by atoms with E-state index < -0.39 is 0 Å². The molecule has 0 radical (unpaired) electrons. The van der Waals surface area contributed by atoms with E-state index in [4.69, 9.17) is 4.74 Å². The third-order valence-corrected chi connectivity index (χ3v) is 5.25. The van der Waals surface area contributed by atoms with Gasteiger partial charge < -0.3 is 14.7 Å². The standard InChI is InChI=1S/C21H24N4O2/c1-24-10-12-25(13-11-24)20(18-14-16(27-2)7-9-22-18)17-6-5-15-4-3-8-23-19(15)21(17)26/h3-9,14,20,26H,10-13H2,1-2H3. The molecule has 1 atom stereocenters. The molecule has 140 valence electrons. The van der Waals surface area contributed by atoms with E-state index in [1.54, 1.807) is 19.5 Å². The van der Waals surface area contributed by atoms with Crippen molar-refractivity contribution in [3.8, 4) is 11.5 Å². The van der Waals surface area contributed by atoms with Gasteiger partial charge in [-0.05, 0) is 19.2 Å². The van der Waals surface area contributed by atoms with Crippen LogP contribution in [0.15, 0.2) is 48.8 Å². The van der Waals surface area contributed by atoms with E-state index in [9.17, 15) is 5.11 Å². The van der Waals surface area contributed by atoms with Crippen LogP contribution in [-0.4, -0.2) is 65.2 Å². The van der Waals surface area contributed by atoms with Gasteiger partial charge in [-0.3, -0.25) is 14.9 Å². The van der Waals surface area contributed by atoms with Crippen molar-refractivity contribution in [2.75, 3.05) is 40.3 Å². The van der Waals surface area contributed by atoms with Crippen molar-refractivity contribution in [2.45, 2.75) is 6.04 Å². The van der Waals surface area contributed by atoms with Crippen LogP contribution in [0.5, 0.6) is 11.5 Å². The van der Waals surface area contributed by atoms with E-state index in [-0.39, 0.29) is 11.8 Å². The van der Waals surface area contributed by atoms with Crippen molar-refractivity contribution >= 4 is 10.9 Å². The van der Waals surface area contributed by atoms with E-state index in [1.165, 1.54) is 0 Å². The Balaban J connectivity index is 1.83. The lowest BCUT2D eigenvalue weighted by Gasteiger charge is -2.38. The Labute approximate surface area is 159 Å². The number of aromatic nitrogens is 2. The fraction of sp³-hybridized carbons (Fsp3) is 0.333. The van der Waals surface area contributed by atoms with Crippen molar-refractivity contribution < 1.29 is 9.84 Å². The zero-order valence-corrected chi connectivity index (χ0v) is 15.7. The van der Waals surface area contributed by atoms with Crippen LogP contribution in [0.1, 0.15) is 17.3 Å². The SMILES string of the molecule is COc1ccnc(C(c2ccc3cccnc3c2O)N2CCN(C)CC2)c1. The Morgan fingerprint density at radius 3 is 2.63 bits per heavy atom. The molecular weight excluding hydrogens is 340 g/mol. The van der Waals surface area contributed by atoms with Gasteiger partial charge in [0.2, 0.25) is 0 Å². The predicted octanol–water partition coefficient (Wildman–Crippen LogP) is 2.68. The Hall–Kier alpha value is -2.70. The summed E-state index contributed by atoms with van der Waals surface area (Å²) in [7, 11) is 3.79. The van der Waals surface area contributed by atoms with Crippen LogP contribution in [0, 0.1) is 0 Å². The molecule has 4 rings (SSSR count). The number of phenolic OH excluding ortho intramolecular Hbond substituents is 1. The molecule has 0 saturated carbocycles. The van der Waals surface area contributed by atoms with E-state index in [0.29, 0.717) is 5.52 Å². The number of hydrogen-bond acceptors (Lipinski definition) is 6. The first kappa shape index (κ1) is 17.7. The summed E-state index contributed by atoms with van der Waals surface area (Å²) in [5, 5.41) is 12.0. The van der Waals surface area contributed by atoms with Gasteiger partial charge in [0.05, 0.1) is 18.8 Å². The molecule has 0 spiro atoms. The molecule has 0 amide bonds. The van der Waals surface area contributed by atoms with E-state index in [1.807, 2.05) is 36.4 Å². The maximum atomic E-state index is 11.0. The minimum absolute atomic E-state index is 0.153. The van der Waals surface area contributed by atoms with Gasteiger partial charge in [0.25, 0.3) is 0 Å². The number of hydrogen-bond donors (Lipinski definition) is 1. The van der Waals surface area contributed by atoms with Crippen molar-refractivity contribution in [3.05, 3.63) is 60.0 Å². The molecule has 1 aromatic carbocycles. The van der Waals surface area contributed by atoms with E-state index >= 15 is 0 Å². The number of piperazine rings is 1. The molecule has 3 heterocycles. The van der Waals surface area contributed by atoms with Crippen LogP contribution in [0.2, 0.25) is 0 Å². The fourth-order valence-corrected chi connectivity index (χ4v) is 3.69. The second kappa shape index (κ2) is 7.50. The summed E-state index contributed by atoms with van der Waals surface area (Å²) in [5.74, 6) is 0.985. The smallest absolute Gasteiger partial charge is 0.146 e. The van der Waals surface area contributed by atoms with Gasteiger partial charge >= 0.3 is 0 Å². The number of ether oxygens (including phenoxy) is 1. The van der Waals surface area contributed by atoms with E-state index in [0.717, 1.165) is 48.6 Å². The van der Waals surface area contributed by atoms with Gasteiger partial charge in [-0.1, -0.05) is 18.2 Å². The molecule has 27 heavy (non-hydrogen) atoms. The number of fused-ring (bicyclic) bond motifs is 1. The molecule has 3 aromatic rings. The van der Waals surface area contributed by atoms with Crippen molar-refractivity contribution in [3.63, 3.8) is 0 Å². The van der Waals surface area contributed by atoms with Crippen LogP contribution in [0.4, 0.5) is 0 Å². The summed E-state index contributed by atoms with van der Waals surface area (Å²) in [6.07, 6.45) is 3.47. The first-order chi connectivity index (χ1) is 13.2. The third kappa shape index (κ3) is 3.46. The Morgan fingerprint density at radius 2 is 1.85 bits per heavy atom. The van der Waals surface area contributed by atoms with Crippen LogP contribution in [0.25, 0.3) is 10.9 Å². The molecular formula is C21H24N4O2. The molecule has 0 bridgehead atoms. The molecule has 2 aromatic heterocycles. The molecule has 1 N–H and O–H groups in total. The van der Waals surface area contributed by atoms with Crippen LogP contribution in [0.3, 0.4) is 0 Å². The van der Waals surface area contributed by atoms with Crippen LogP contribution in [-0.2, 0) is 0 Å². The van der Waals surface area contributed by atoms with Gasteiger partial charge in [0, 0.05) is 55.6 Å². The number of methoxy groups -OCH3 is 1. The van der Waals surface area contributed by atoms with Crippen LogP contribution < -0.4 is 4.74 Å². The average molecular weight is 364 g/mol. The summed E-state index contributed by atoms with van der Waals surface area (Å²) >= 11 is 0. The first-order valence-electron chi connectivity index (χ1n) is 9.16. The lowest BCUT2D eigenvalue weighted by molar-refractivity contribution is 0.124. The average Bonchev–Trinajstić information content (AvgIpc) is 2.71. The molecule has 1 fully saturated rings. The Kier molecular flexibility index (Phi) is 4.92. The van der Waals surface area contributed by atoms with Crippen LogP contribution >= 0.6 is 0 Å². The predicted molar refractivity (Wildman–Crippen MR) is 105 cm³/mol. The second-order valence-electron chi connectivity index (χ2n) is 6.94. The lowest BCUT2D eigenvalue weighted by atomic mass is 9.97. The number of benzene rings is 1. The number of aromatic hydroxyl groups is 1. The highest BCUT2D eigenvalue weighted by Gasteiger charge is 2.29. The summed E-state index contributed by atoms with van der Waals surface area (Å²) < 4.78 is 5.40. The highest BCUT2D eigenvalue weighted by Crippen LogP contribution is 2.38. The topological polar surface area (TPSA) is 61.7 Å². The molecule has 1 aliphatic heterocycles. The summed E-state index contributed by atoms with van der Waals surface area (Å²) in [4.78, 5) is 13.7. The molecule has 1 unspecified atom stereocenters. The zero-order chi connectivity index (χ0) is 18.8. The van der Waals surface area contributed by atoms with Gasteiger partial charge in [-0.25, -0.2) is 0 Å². The van der Waals surface area contributed by atoms with Crippen molar-refractivity contribution in [1.29, 1.82) is 0 Å². The quantitative estimate of drug-likeness (QED) is 0.768.